The minimum absolute atomic E-state index is 0.498. The lowest BCUT2D eigenvalue weighted by Crippen LogP contribution is -2.07. The molecule has 3 rings (SSSR count). The fourth-order valence-electron chi connectivity index (χ4n) is 2.04. The maximum atomic E-state index is 5.77. The molecule has 106 valence electrons. The van der Waals surface area contributed by atoms with Gasteiger partial charge in [-0.3, -0.25) is 0 Å². The van der Waals surface area contributed by atoms with Gasteiger partial charge in [0.15, 0.2) is 0 Å². The Morgan fingerprint density at radius 3 is 2.43 bits per heavy atom. The summed E-state index contributed by atoms with van der Waals surface area (Å²) in [6, 6.07) is 15.4. The number of rotatable bonds is 3. The molecule has 2 N–H and O–H groups in total. The third-order valence-electron chi connectivity index (χ3n) is 3.20. The molecule has 0 aliphatic heterocycles. The lowest BCUT2D eigenvalue weighted by molar-refractivity contribution is 0.432. The van der Waals surface area contributed by atoms with Crippen LogP contribution in [0.2, 0.25) is 0 Å². The van der Waals surface area contributed by atoms with Crippen LogP contribution in [0.25, 0.3) is 22.8 Å². The zero-order valence-corrected chi connectivity index (χ0v) is 11.9. The highest BCUT2D eigenvalue weighted by Crippen LogP contribution is 2.24. The second kappa shape index (κ2) is 5.28. The van der Waals surface area contributed by atoms with Crippen LogP contribution in [0, 0.1) is 0 Å². The van der Waals surface area contributed by atoms with Gasteiger partial charge in [-0.25, -0.2) is 0 Å². The molecule has 0 radical (unpaired) electrons. The Balaban J connectivity index is 1.91. The molecule has 1 heterocycles. The first-order valence-electron chi connectivity index (χ1n) is 6.61. The van der Waals surface area contributed by atoms with Crippen LogP contribution in [-0.2, 0) is 0 Å². The minimum Gasteiger partial charge on any atom is -0.399 e. The van der Waals surface area contributed by atoms with E-state index in [1.807, 2.05) is 67.5 Å². The summed E-state index contributed by atoms with van der Waals surface area (Å²) in [5.74, 6) is 1.03. The van der Waals surface area contributed by atoms with Crippen LogP contribution in [0.4, 0.5) is 11.4 Å². The Bertz CT molecular complexity index is 747. The molecule has 0 saturated carbocycles. The standard InChI is InChI=1S/C16H16N4O/c1-20(2)14-8-6-11(7-9-14)16-18-15(19-21-16)12-4-3-5-13(17)10-12/h3-10H,17H2,1-2H3. The van der Waals surface area contributed by atoms with E-state index < -0.39 is 0 Å². The van der Waals surface area contributed by atoms with Gasteiger partial charge in [-0.2, -0.15) is 4.98 Å². The molecule has 0 fully saturated rings. The van der Waals surface area contributed by atoms with Crippen LogP contribution in [0.15, 0.2) is 53.1 Å². The Labute approximate surface area is 123 Å². The zero-order valence-electron chi connectivity index (χ0n) is 11.9. The maximum absolute atomic E-state index is 5.77. The highest BCUT2D eigenvalue weighted by molar-refractivity contribution is 5.64. The van der Waals surface area contributed by atoms with E-state index in [1.54, 1.807) is 0 Å². The van der Waals surface area contributed by atoms with Crippen LogP contribution in [0.1, 0.15) is 0 Å². The van der Waals surface area contributed by atoms with Gasteiger partial charge in [0, 0.05) is 36.6 Å². The van der Waals surface area contributed by atoms with Crippen molar-refractivity contribution in [3.8, 4) is 22.8 Å². The maximum Gasteiger partial charge on any atom is 0.258 e. The first-order valence-corrected chi connectivity index (χ1v) is 6.61. The average molecular weight is 280 g/mol. The normalized spacial score (nSPS) is 10.6. The molecule has 21 heavy (non-hydrogen) atoms. The van der Waals surface area contributed by atoms with Crippen LogP contribution in [0.5, 0.6) is 0 Å². The fourth-order valence-corrected chi connectivity index (χ4v) is 2.04. The summed E-state index contributed by atoms with van der Waals surface area (Å²) in [7, 11) is 4.00. The van der Waals surface area contributed by atoms with Crippen molar-refractivity contribution in [1.29, 1.82) is 0 Å². The number of anilines is 2. The highest BCUT2D eigenvalue weighted by Gasteiger charge is 2.10. The van der Waals surface area contributed by atoms with Crippen molar-refractivity contribution in [3.63, 3.8) is 0 Å². The van der Waals surface area contributed by atoms with Gasteiger partial charge in [-0.15, -0.1) is 0 Å². The van der Waals surface area contributed by atoms with E-state index in [0.29, 0.717) is 17.4 Å². The van der Waals surface area contributed by atoms with Crippen molar-refractivity contribution in [1.82, 2.24) is 10.1 Å². The predicted molar refractivity (Wildman–Crippen MR) is 83.9 cm³/mol. The lowest BCUT2D eigenvalue weighted by atomic mass is 10.2. The van der Waals surface area contributed by atoms with Crippen molar-refractivity contribution in [2.45, 2.75) is 0 Å². The molecule has 1 aromatic heterocycles. The van der Waals surface area contributed by atoms with Crippen LogP contribution in [-0.4, -0.2) is 24.2 Å². The quantitative estimate of drug-likeness (QED) is 0.747. The van der Waals surface area contributed by atoms with Crippen LogP contribution in [0.3, 0.4) is 0 Å². The number of nitrogen functional groups attached to an aromatic ring is 1. The summed E-state index contributed by atoms with van der Waals surface area (Å²) in [5.41, 5.74) is 9.30. The van der Waals surface area contributed by atoms with Gasteiger partial charge in [0.05, 0.1) is 0 Å². The van der Waals surface area contributed by atoms with E-state index in [0.717, 1.165) is 16.8 Å². The van der Waals surface area contributed by atoms with Crippen molar-refractivity contribution < 1.29 is 4.52 Å². The number of nitrogens with zero attached hydrogens (tertiary/aromatic N) is 3. The fraction of sp³-hybridized carbons (Fsp3) is 0.125. The summed E-state index contributed by atoms with van der Waals surface area (Å²) in [5, 5.41) is 4.01. The van der Waals surface area contributed by atoms with Gasteiger partial charge in [0.25, 0.3) is 5.89 Å². The molecule has 3 aromatic rings. The molecule has 5 nitrogen and oxygen atoms in total. The van der Waals surface area contributed by atoms with Gasteiger partial charge in [0.1, 0.15) is 0 Å². The van der Waals surface area contributed by atoms with E-state index in [9.17, 15) is 0 Å². The smallest absolute Gasteiger partial charge is 0.258 e. The van der Waals surface area contributed by atoms with Crippen LogP contribution >= 0.6 is 0 Å². The zero-order chi connectivity index (χ0) is 14.8. The van der Waals surface area contributed by atoms with Gasteiger partial charge < -0.3 is 15.2 Å². The lowest BCUT2D eigenvalue weighted by Gasteiger charge is -2.11. The van der Waals surface area contributed by atoms with E-state index >= 15 is 0 Å². The number of hydrogen-bond acceptors (Lipinski definition) is 5. The highest BCUT2D eigenvalue weighted by atomic mass is 16.5. The molecule has 2 aromatic carbocycles. The van der Waals surface area contributed by atoms with Gasteiger partial charge in [-0.05, 0) is 36.4 Å². The molecule has 0 atom stereocenters. The average Bonchev–Trinajstić information content (AvgIpc) is 2.97. The molecule has 0 aliphatic carbocycles. The van der Waals surface area contributed by atoms with Gasteiger partial charge in [0.2, 0.25) is 5.82 Å². The van der Waals surface area contributed by atoms with Crippen molar-refractivity contribution in [3.05, 3.63) is 48.5 Å². The molecular formula is C16H16N4O. The van der Waals surface area contributed by atoms with Crippen molar-refractivity contribution >= 4 is 11.4 Å². The molecule has 0 bridgehead atoms. The third kappa shape index (κ3) is 2.72. The Morgan fingerprint density at radius 2 is 1.76 bits per heavy atom. The molecule has 0 amide bonds. The first kappa shape index (κ1) is 13.2. The van der Waals surface area contributed by atoms with E-state index in [2.05, 4.69) is 10.1 Å². The topological polar surface area (TPSA) is 68.2 Å². The van der Waals surface area contributed by atoms with E-state index in [4.69, 9.17) is 10.3 Å². The summed E-state index contributed by atoms with van der Waals surface area (Å²) >= 11 is 0. The predicted octanol–water partition coefficient (Wildman–Crippen LogP) is 3.05. The molecule has 0 spiro atoms. The van der Waals surface area contributed by atoms with E-state index in [-0.39, 0.29) is 0 Å². The van der Waals surface area contributed by atoms with Crippen LogP contribution < -0.4 is 10.6 Å². The summed E-state index contributed by atoms with van der Waals surface area (Å²) in [6.07, 6.45) is 0. The number of aromatic nitrogens is 2. The summed E-state index contributed by atoms with van der Waals surface area (Å²) < 4.78 is 5.33. The van der Waals surface area contributed by atoms with Crippen molar-refractivity contribution in [2.24, 2.45) is 0 Å². The number of nitrogens with two attached hydrogens (primary N) is 1. The number of benzene rings is 2. The molecule has 0 saturated heterocycles. The summed E-state index contributed by atoms with van der Waals surface area (Å²) in [4.78, 5) is 6.46. The monoisotopic (exact) mass is 280 g/mol. The van der Waals surface area contributed by atoms with Gasteiger partial charge >= 0.3 is 0 Å². The second-order valence-electron chi connectivity index (χ2n) is 4.99. The Kier molecular flexibility index (Phi) is 3.31. The summed E-state index contributed by atoms with van der Waals surface area (Å²) in [6.45, 7) is 0. The number of hydrogen-bond donors (Lipinski definition) is 1. The largest absolute Gasteiger partial charge is 0.399 e. The Morgan fingerprint density at radius 1 is 1.00 bits per heavy atom. The molecule has 0 unspecified atom stereocenters. The Hall–Kier alpha value is -2.82. The van der Waals surface area contributed by atoms with E-state index in [1.165, 1.54) is 0 Å². The second-order valence-corrected chi connectivity index (χ2v) is 4.99. The molecule has 5 heteroatoms. The molecule has 0 aliphatic rings. The third-order valence-corrected chi connectivity index (χ3v) is 3.20. The van der Waals surface area contributed by atoms with Crippen molar-refractivity contribution in [2.75, 3.05) is 24.7 Å². The first-order chi connectivity index (χ1) is 10.1. The molecular weight excluding hydrogens is 264 g/mol. The minimum atomic E-state index is 0.498. The van der Waals surface area contributed by atoms with Gasteiger partial charge in [-0.1, -0.05) is 17.3 Å². The SMILES string of the molecule is CN(C)c1ccc(-c2nc(-c3cccc(N)c3)no2)cc1.